The maximum Gasteiger partial charge on any atom is 0.0849 e. The maximum atomic E-state index is 10.9. The lowest BCUT2D eigenvalue weighted by atomic mass is 10.9. The highest BCUT2D eigenvalue weighted by Gasteiger charge is 2.27. The zero-order valence-electron chi connectivity index (χ0n) is 5.30. The molecule has 2 N–H and O–H groups in total. The fraction of sp³-hybridized carbons (Fsp3) is 1.00. The summed E-state index contributed by atoms with van der Waals surface area (Å²) >= 11 is 10.4. The van der Waals surface area contributed by atoms with Gasteiger partial charge in [-0.2, -0.15) is 0 Å². The van der Waals surface area contributed by atoms with Gasteiger partial charge in [0, 0.05) is 11.8 Å². The van der Waals surface area contributed by atoms with Crippen molar-refractivity contribution in [2.75, 3.05) is 23.3 Å². The molecule has 3 nitrogen and oxygen atoms in total. The molecule has 0 aliphatic carbocycles. The van der Waals surface area contributed by atoms with Gasteiger partial charge in [-0.3, -0.25) is 0 Å². The Balaban J connectivity index is 4.13. The predicted octanol–water partition coefficient (Wildman–Crippen LogP) is 1.23. The van der Waals surface area contributed by atoms with E-state index in [0.29, 0.717) is 0 Å². The van der Waals surface area contributed by atoms with Crippen LogP contribution in [-0.2, 0) is 9.63 Å². The third-order valence-electron chi connectivity index (χ3n) is 0.975. The van der Waals surface area contributed by atoms with Gasteiger partial charge in [0.2, 0.25) is 0 Å². The van der Waals surface area contributed by atoms with E-state index < -0.39 is 9.63 Å². The molecule has 0 heterocycles. The van der Waals surface area contributed by atoms with Crippen molar-refractivity contribution in [1.82, 2.24) is 0 Å². The van der Waals surface area contributed by atoms with E-state index in [4.69, 9.17) is 32.3 Å². The SMILES string of the molecule is O=S(O)(O)(CCCl)CCCl. The van der Waals surface area contributed by atoms with Gasteiger partial charge in [0.15, 0.2) is 0 Å². The van der Waals surface area contributed by atoms with E-state index in [1.54, 1.807) is 0 Å². The molecule has 0 fully saturated rings. The Morgan fingerprint density at radius 3 is 1.60 bits per heavy atom. The Morgan fingerprint density at radius 2 is 1.40 bits per heavy atom. The Labute approximate surface area is 69.8 Å². The summed E-state index contributed by atoms with van der Waals surface area (Å²) in [5.41, 5.74) is 0. The van der Waals surface area contributed by atoms with Gasteiger partial charge in [0.05, 0.1) is 21.1 Å². The second kappa shape index (κ2) is 3.36. The van der Waals surface area contributed by atoms with Crippen LogP contribution in [0.3, 0.4) is 0 Å². The van der Waals surface area contributed by atoms with Crippen LogP contribution in [0.25, 0.3) is 0 Å². The molecule has 6 heteroatoms. The van der Waals surface area contributed by atoms with Crippen molar-refractivity contribution < 1.29 is 13.3 Å². The quantitative estimate of drug-likeness (QED) is 0.684. The monoisotopic (exact) mass is 208 g/mol. The first-order valence-corrected chi connectivity index (χ1v) is 5.93. The fourth-order valence-electron chi connectivity index (χ4n) is 0.412. The van der Waals surface area contributed by atoms with Gasteiger partial charge in [-0.15, -0.1) is 23.2 Å². The van der Waals surface area contributed by atoms with E-state index >= 15 is 0 Å². The van der Waals surface area contributed by atoms with Gasteiger partial charge in [0.25, 0.3) is 0 Å². The van der Waals surface area contributed by atoms with Gasteiger partial charge >= 0.3 is 0 Å². The van der Waals surface area contributed by atoms with Crippen molar-refractivity contribution >= 4 is 32.8 Å². The lowest BCUT2D eigenvalue weighted by Crippen LogP contribution is -2.40. The Bertz CT molecular complexity index is 152. The third-order valence-corrected chi connectivity index (χ3v) is 3.85. The summed E-state index contributed by atoms with van der Waals surface area (Å²) in [6, 6.07) is 0. The first-order chi connectivity index (χ1) is 4.39. The van der Waals surface area contributed by atoms with E-state index in [0.717, 1.165) is 0 Å². The van der Waals surface area contributed by atoms with E-state index in [1.165, 1.54) is 0 Å². The van der Waals surface area contributed by atoms with E-state index in [9.17, 15) is 4.21 Å². The zero-order valence-corrected chi connectivity index (χ0v) is 7.62. The summed E-state index contributed by atoms with van der Waals surface area (Å²) in [6.07, 6.45) is 0. The molecule has 0 aromatic carbocycles. The van der Waals surface area contributed by atoms with Crippen LogP contribution in [0.5, 0.6) is 0 Å². The third kappa shape index (κ3) is 4.46. The van der Waals surface area contributed by atoms with Crippen LogP contribution in [0.15, 0.2) is 0 Å². The van der Waals surface area contributed by atoms with Gasteiger partial charge < -0.3 is 9.11 Å². The maximum absolute atomic E-state index is 10.9. The largest absolute Gasteiger partial charge is 0.308 e. The molecule has 64 valence electrons. The normalized spacial score (nSPS) is 16.2. The first kappa shape index (κ1) is 10.7. The number of halogens is 2. The average Bonchev–Trinajstić information content (AvgIpc) is 1.61. The van der Waals surface area contributed by atoms with Crippen LogP contribution in [0.2, 0.25) is 0 Å². The molecular formula is C4H10Cl2O3S. The highest BCUT2D eigenvalue weighted by atomic mass is 35.5. The molecular weight excluding hydrogens is 199 g/mol. The van der Waals surface area contributed by atoms with Crippen molar-refractivity contribution in [1.29, 1.82) is 0 Å². The van der Waals surface area contributed by atoms with Crippen molar-refractivity contribution in [3.05, 3.63) is 0 Å². The first-order valence-electron chi connectivity index (χ1n) is 2.64. The molecule has 0 bridgehead atoms. The Morgan fingerprint density at radius 1 is 1.10 bits per heavy atom. The molecule has 0 amide bonds. The summed E-state index contributed by atoms with van der Waals surface area (Å²) < 4.78 is 28.8. The molecule has 0 rings (SSSR count). The Kier molecular flexibility index (Phi) is 3.58. The van der Waals surface area contributed by atoms with Gasteiger partial charge in [-0.25, -0.2) is 4.21 Å². The molecule has 0 saturated carbocycles. The molecule has 10 heavy (non-hydrogen) atoms. The standard InChI is InChI=1S/C4H10Cl2O3S/c5-1-3-10(7,8,9)4-2-6/h1-4H2,(H2,7,8,9). The molecule has 0 aliphatic heterocycles. The summed E-state index contributed by atoms with van der Waals surface area (Å²) in [7, 11) is -4.44. The van der Waals surface area contributed by atoms with Crippen molar-refractivity contribution in [3.8, 4) is 0 Å². The average molecular weight is 209 g/mol. The molecule has 0 saturated heterocycles. The minimum atomic E-state index is -4.44. The van der Waals surface area contributed by atoms with Crippen LogP contribution in [0.1, 0.15) is 0 Å². The second-order valence-corrected chi connectivity index (χ2v) is 5.92. The van der Waals surface area contributed by atoms with Crippen LogP contribution in [-0.4, -0.2) is 36.6 Å². The fourth-order valence-corrected chi connectivity index (χ4v) is 3.10. The summed E-state index contributed by atoms with van der Waals surface area (Å²) in [6.45, 7) is 0. The topological polar surface area (TPSA) is 57.5 Å². The van der Waals surface area contributed by atoms with E-state index in [2.05, 4.69) is 0 Å². The Hall–Kier alpha value is 0.650. The van der Waals surface area contributed by atoms with Crippen LogP contribution < -0.4 is 0 Å². The number of hydrogen-bond acceptors (Lipinski definition) is 1. The number of hydrogen-bond donors (Lipinski definition) is 2. The minimum absolute atomic E-state index is 0.0464. The number of rotatable bonds is 4. The molecule has 0 aliphatic rings. The molecule has 0 aromatic rings. The van der Waals surface area contributed by atoms with Crippen molar-refractivity contribution in [3.63, 3.8) is 0 Å². The molecule has 0 aromatic heterocycles. The van der Waals surface area contributed by atoms with Crippen LogP contribution in [0, 0.1) is 0 Å². The molecule has 0 radical (unpaired) electrons. The van der Waals surface area contributed by atoms with E-state index in [1.807, 2.05) is 0 Å². The van der Waals surface area contributed by atoms with Gasteiger partial charge in [0.1, 0.15) is 0 Å². The van der Waals surface area contributed by atoms with E-state index in [-0.39, 0.29) is 23.3 Å². The lowest BCUT2D eigenvalue weighted by Gasteiger charge is -2.28. The van der Waals surface area contributed by atoms with Crippen LogP contribution >= 0.6 is 23.2 Å². The molecule has 0 atom stereocenters. The van der Waals surface area contributed by atoms with Crippen LogP contribution in [0.4, 0.5) is 0 Å². The van der Waals surface area contributed by atoms with Gasteiger partial charge in [-0.05, 0) is 0 Å². The molecule has 0 unspecified atom stereocenters. The summed E-state index contributed by atoms with van der Waals surface area (Å²) in [4.78, 5) is 0. The lowest BCUT2D eigenvalue weighted by molar-refractivity contribution is 0.394. The smallest absolute Gasteiger partial charge is 0.0849 e. The van der Waals surface area contributed by atoms with Gasteiger partial charge in [-0.1, -0.05) is 0 Å². The summed E-state index contributed by atoms with van der Waals surface area (Å²) in [5, 5.41) is 0. The minimum Gasteiger partial charge on any atom is -0.308 e. The highest BCUT2D eigenvalue weighted by molar-refractivity contribution is 8.10. The molecule has 0 spiro atoms. The van der Waals surface area contributed by atoms with Crippen molar-refractivity contribution in [2.24, 2.45) is 0 Å². The second-order valence-electron chi connectivity index (χ2n) is 1.97. The highest BCUT2D eigenvalue weighted by Crippen LogP contribution is 2.16. The predicted molar refractivity (Wildman–Crippen MR) is 44.6 cm³/mol. The van der Waals surface area contributed by atoms with Crippen molar-refractivity contribution in [2.45, 2.75) is 0 Å². The zero-order chi connectivity index (χ0) is 8.28. The number of alkyl halides is 2. The summed E-state index contributed by atoms with van der Waals surface area (Å²) in [5.74, 6) is -0.721.